The fourth-order valence-electron chi connectivity index (χ4n) is 1.87. The maximum atomic E-state index is 11.9. The average molecular weight is 316 g/mol. The van der Waals surface area contributed by atoms with E-state index < -0.39 is 20.5 Å². The van der Waals surface area contributed by atoms with Gasteiger partial charge in [-0.3, -0.25) is 14.8 Å². The Hall–Kier alpha value is -1.67. The molecule has 1 amide bonds. The fourth-order valence-corrected chi connectivity index (χ4v) is 2.72. The van der Waals surface area contributed by atoms with Gasteiger partial charge in [-0.1, -0.05) is 6.92 Å². The molecule has 0 spiro atoms. The van der Waals surface area contributed by atoms with Crippen molar-refractivity contribution >= 4 is 15.7 Å². The van der Waals surface area contributed by atoms with E-state index >= 15 is 0 Å². The van der Waals surface area contributed by atoms with E-state index in [2.05, 4.69) is 0 Å². The SMILES string of the molecule is CCc1ccn(CCC(C)(C(=O)NO)S(C)(=O)=O)c(=O)c1. The maximum Gasteiger partial charge on any atom is 0.264 e. The van der Waals surface area contributed by atoms with Gasteiger partial charge < -0.3 is 4.57 Å². The Morgan fingerprint density at radius 1 is 1.48 bits per heavy atom. The van der Waals surface area contributed by atoms with Gasteiger partial charge in [-0.2, -0.15) is 0 Å². The molecule has 2 N–H and O–H groups in total. The van der Waals surface area contributed by atoms with E-state index in [0.717, 1.165) is 18.2 Å². The third-order valence-electron chi connectivity index (χ3n) is 3.70. The molecule has 1 unspecified atom stereocenters. The summed E-state index contributed by atoms with van der Waals surface area (Å²) >= 11 is 0. The van der Waals surface area contributed by atoms with Crippen LogP contribution < -0.4 is 11.0 Å². The number of hydrogen-bond donors (Lipinski definition) is 2. The third-order valence-corrected chi connectivity index (χ3v) is 5.73. The summed E-state index contributed by atoms with van der Waals surface area (Å²) < 4.78 is 23.1. The van der Waals surface area contributed by atoms with Crippen molar-refractivity contribution in [3.63, 3.8) is 0 Å². The van der Waals surface area contributed by atoms with Gasteiger partial charge in [0.25, 0.3) is 11.5 Å². The first-order chi connectivity index (χ1) is 9.65. The molecule has 1 rings (SSSR count). The van der Waals surface area contributed by atoms with E-state index in [1.54, 1.807) is 12.3 Å². The second kappa shape index (κ2) is 6.40. The molecule has 1 atom stereocenters. The van der Waals surface area contributed by atoms with Crippen molar-refractivity contribution in [1.29, 1.82) is 0 Å². The van der Waals surface area contributed by atoms with Gasteiger partial charge in [0.05, 0.1) is 0 Å². The molecule has 8 heteroatoms. The van der Waals surface area contributed by atoms with Crippen LogP contribution in [0, 0.1) is 0 Å². The normalized spacial score (nSPS) is 14.5. The van der Waals surface area contributed by atoms with Crippen molar-refractivity contribution in [2.75, 3.05) is 6.26 Å². The average Bonchev–Trinajstić information content (AvgIpc) is 2.43. The van der Waals surface area contributed by atoms with Crippen molar-refractivity contribution < 1.29 is 18.4 Å². The zero-order valence-electron chi connectivity index (χ0n) is 12.3. The van der Waals surface area contributed by atoms with Crippen molar-refractivity contribution in [3.8, 4) is 0 Å². The van der Waals surface area contributed by atoms with Crippen molar-refractivity contribution in [1.82, 2.24) is 10.0 Å². The predicted octanol–water partition coefficient (Wildman–Crippen LogP) is 0.110. The Labute approximate surface area is 123 Å². The van der Waals surface area contributed by atoms with Gasteiger partial charge in [0.2, 0.25) is 0 Å². The minimum Gasteiger partial charge on any atom is -0.315 e. The van der Waals surface area contributed by atoms with Crippen LogP contribution in [0.25, 0.3) is 0 Å². The number of carbonyl (C=O) groups excluding carboxylic acids is 1. The van der Waals surface area contributed by atoms with E-state index in [0.29, 0.717) is 0 Å². The molecule has 0 fully saturated rings. The number of hydrogen-bond acceptors (Lipinski definition) is 5. The van der Waals surface area contributed by atoms with E-state index in [9.17, 15) is 18.0 Å². The molecule has 0 saturated heterocycles. The molecule has 1 heterocycles. The number of carbonyl (C=O) groups is 1. The first-order valence-corrected chi connectivity index (χ1v) is 8.38. The highest BCUT2D eigenvalue weighted by atomic mass is 32.2. The Bertz CT molecular complexity index is 680. The van der Waals surface area contributed by atoms with E-state index in [4.69, 9.17) is 5.21 Å². The second-order valence-corrected chi connectivity index (χ2v) is 7.56. The monoisotopic (exact) mass is 316 g/mol. The van der Waals surface area contributed by atoms with E-state index in [-0.39, 0.29) is 18.5 Å². The van der Waals surface area contributed by atoms with Crippen LogP contribution in [0.3, 0.4) is 0 Å². The van der Waals surface area contributed by atoms with E-state index in [1.807, 2.05) is 6.92 Å². The molecule has 0 aliphatic heterocycles. The number of aryl methyl sites for hydroxylation is 2. The van der Waals surface area contributed by atoms with Gasteiger partial charge in [-0.05, 0) is 31.4 Å². The van der Waals surface area contributed by atoms with Crippen LogP contribution in [-0.2, 0) is 27.6 Å². The van der Waals surface area contributed by atoms with E-state index in [1.165, 1.54) is 23.0 Å². The lowest BCUT2D eigenvalue weighted by Crippen LogP contribution is -2.49. The largest absolute Gasteiger partial charge is 0.315 e. The highest BCUT2D eigenvalue weighted by Crippen LogP contribution is 2.21. The van der Waals surface area contributed by atoms with Crippen LogP contribution in [0.4, 0.5) is 0 Å². The van der Waals surface area contributed by atoms with Crippen LogP contribution >= 0.6 is 0 Å². The number of amides is 1. The Morgan fingerprint density at radius 3 is 2.52 bits per heavy atom. The lowest BCUT2D eigenvalue weighted by molar-refractivity contribution is -0.131. The molecule has 0 saturated carbocycles. The summed E-state index contributed by atoms with van der Waals surface area (Å²) in [6, 6.07) is 3.25. The number of aromatic nitrogens is 1. The van der Waals surface area contributed by atoms with Crippen molar-refractivity contribution in [2.24, 2.45) is 0 Å². The molecule has 0 aromatic carbocycles. The number of sulfone groups is 1. The Balaban J connectivity index is 3.04. The molecule has 21 heavy (non-hydrogen) atoms. The minimum absolute atomic E-state index is 0.0554. The van der Waals surface area contributed by atoms with Crippen LogP contribution in [0.1, 0.15) is 25.8 Å². The number of hydroxylamine groups is 1. The molecule has 0 radical (unpaired) electrons. The highest BCUT2D eigenvalue weighted by molar-refractivity contribution is 7.92. The summed E-state index contributed by atoms with van der Waals surface area (Å²) in [6.45, 7) is 3.20. The Morgan fingerprint density at radius 2 is 2.10 bits per heavy atom. The minimum atomic E-state index is -3.76. The molecule has 0 bridgehead atoms. The summed E-state index contributed by atoms with van der Waals surface area (Å²) in [7, 11) is -3.76. The predicted molar refractivity (Wildman–Crippen MR) is 77.9 cm³/mol. The summed E-state index contributed by atoms with van der Waals surface area (Å²) in [5, 5.41) is 8.72. The summed E-state index contributed by atoms with van der Waals surface area (Å²) in [6.07, 6.45) is 3.10. The number of nitrogens with zero attached hydrogens (tertiary/aromatic N) is 1. The number of pyridine rings is 1. The fraction of sp³-hybridized carbons (Fsp3) is 0.538. The van der Waals surface area contributed by atoms with Gasteiger partial charge in [0.15, 0.2) is 14.6 Å². The molecule has 1 aromatic heterocycles. The molecule has 7 nitrogen and oxygen atoms in total. The second-order valence-electron chi connectivity index (χ2n) is 5.11. The lowest BCUT2D eigenvalue weighted by Gasteiger charge is -2.25. The summed E-state index contributed by atoms with van der Waals surface area (Å²) in [5.74, 6) is -1.01. The lowest BCUT2D eigenvalue weighted by atomic mass is 10.1. The first-order valence-electron chi connectivity index (χ1n) is 6.49. The van der Waals surface area contributed by atoms with Crippen LogP contribution in [0.5, 0.6) is 0 Å². The molecule has 0 aliphatic rings. The third kappa shape index (κ3) is 3.70. The molecule has 1 aromatic rings. The molecular formula is C13H20N2O5S. The highest BCUT2D eigenvalue weighted by Gasteiger charge is 2.43. The Kier molecular flexibility index (Phi) is 5.30. The topological polar surface area (TPSA) is 105 Å². The van der Waals surface area contributed by atoms with Gasteiger partial charge in [-0.25, -0.2) is 13.9 Å². The zero-order chi connectivity index (χ0) is 16.3. The number of rotatable bonds is 6. The standard InChI is InChI=1S/C13H20N2O5S/c1-4-10-5-7-15(11(16)9-10)8-6-13(2,12(17)14-18)21(3,19)20/h5,7,9,18H,4,6,8H2,1-3H3,(H,14,17). The van der Waals surface area contributed by atoms with Crippen LogP contribution in [-0.4, -0.2) is 35.1 Å². The quantitative estimate of drug-likeness (QED) is 0.572. The molecular weight excluding hydrogens is 296 g/mol. The maximum absolute atomic E-state index is 11.9. The zero-order valence-corrected chi connectivity index (χ0v) is 13.1. The van der Waals surface area contributed by atoms with Gasteiger partial charge in [0.1, 0.15) is 0 Å². The van der Waals surface area contributed by atoms with Crippen LogP contribution in [0.2, 0.25) is 0 Å². The first kappa shape index (κ1) is 17.4. The summed E-state index contributed by atoms with van der Waals surface area (Å²) in [4.78, 5) is 23.5. The summed E-state index contributed by atoms with van der Waals surface area (Å²) in [5.41, 5.74) is 2.01. The van der Waals surface area contributed by atoms with Gasteiger partial charge in [-0.15, -0.1) is 0 Å². The van der Waals surface area contributed by atoms with Crippen LogP contribution in [0.15, 0.2) is 23.1 Å². The van der Waals surface area contributed by atoms with Crippen molar-refractivity contribution in [3.05, 3.63) is 34.2 Å². The van der Waals surface area contributed by atoms with Gasteiger partial charge >= 0.3 is 0 Å². The smallest absolute Gasteiger partial charge is 0.264 e. The van der Waals surface area contributed by atoms with Crippen molar-refractivity contribution in [2.45, 2.75) is 38.0 Å². The molecule has 0 aliphatic carbocycles. The number of nitrogens with one attached hydrogen (secondary N) is 1. The van der Waals surface area contributed by atoms with Gasteiger partial charge in [0, 0.05) is 25.1 Å². The molecule has 118 valence electrons.